The van der Waals surface area contributed by atoms with Crippen LogP contribution < -0.4 is 20.7 Å². The summed E-state index contributed by atoms with van der Waals surface area (Å²) in [5, 5.41) is 26.1. The predicted octanol–water partition coefficient (Wildman–Crippen LogP) is 1.25. The van der Waals surface area contributed by atoms with E-state index in [1.54, 1.807) is 18.4 Å². The van der Waals surface area contributed by atoms with Gasteiger partial charge in [0.2, 0.25) is 24.0 Å². The van der Waals surface area contributed by atoms with Crippen LogP contribution in [-0.4, -0.2) is 125 Å². The topological polar surface area (TPSA) is 225 Å². The van der Waals surface area contributed by atoms with Crippen molar-refractivity contribution in [3.8, 4) is 5.75 Å². The summed E-state index contributed by atoms with van der Waals surface area (Å²) in [6.45, 7) is 2.23. The molecule has 3 amide bonds. The lowest BCUT2D eigenvalue weighted by molar-refractivity contribution is -0.142. The number of benzene rings is 1. The largest absolute Gasteiger partial charge is 0.494 e. The quantitative estimate of drug-likeness (QED) is 0.0670. The number of hydrogen-bond donors (Lipinski definition) is 5. The average molecular weight is 697 g/mol. The molecule has 0 heterocycles. The Hall–Kier alpha value is -4.12. The highest BCUT2D eigenvalue weighted by molar-refractivity contribution is 5.87. The zero-order valence-electron chi connectivity index (χ0n) is 27.9. The fraction of sp³-hybridized carbons (Fsp3) is 0.636. The lowest BCUT2D eigenvalue weighted by atomic mass is 10.1. The molecular formula is C33H50N3O13. The number of carboxylic acids is 2. The van der Waals surface area contributed by atoms with Crippen LogP contribution in [0.25, 0.3) is 0 Å². The predicted molar refractivity (Wildman–Crippen MR) is 175 cm³/mol. The molecule has 0 spiro atoms. The minimum absolute atomic E-state index is 0.0454. The van der Waals surface area contributed by atoms with E-state index in [1.165, 1.54) is 12.1 Å². The molecule has 1 atom stereocenters. The molecule has 16 heteroatoms. The zero-order valence-corrected chi connectivity index (χ0v) is 27.9. The summed E-state index contributed by atoms with van der Waals surface area (Å²) in [6, 6.07) is 5.09. The molecule has 0 saturated heterocycles. The van der Waals surface area contributed by atoms with E-state index in [0.717, 1.165) is 32.1 Å². The lowest BCUT2D eigenvalue weighted by Gasteiger charge is -2.14. The molecule has 5 N–H and O–H groups in total. The van der Waals surface area contributed by atoms with E-state index in [1.807, 2.05) is 0 Å². The van der Waals surface area contributed by atoms with Crippen LogP contribution in [0.4, 0.5) is 0 Å². The van der Waals surface area contributed by atoms with E-state index in [2.05, 4.69) is 16.0 Å². The summed E-state index contributed by atoms with van der Waals surface area (Å²) in [6.07, 6.45) is 6.82. The van der Waals surface area contributed by atoms with E-state index in [4.69, 9.17) is 28.8 Å². The summed E-state index contributed by atoms with van der Waals surface area (Å²) >= 11 is 0. The van der Waals surface area contributed by atoms with E-state index in [9.17, 15) is 33.9 Å². The highest BCUT2D eigenvalue weighted by atomic mass is 16.5. The summed E-state index contributed by atoms with van der Waals surface area (Å²) < 4.78 is 26.2. The number of hydrogen-bond acceptors (Lipinski definition) is 11. The summed E-state index contributed by atoms with van der Waals surface area (Å²) in [4.78, 5) is 68.4. The molecule has 1 aromatic carbocycles. The van der Waals surface area contributed by atoms with Gasteiger partial charge in [0.15, 0.2) is 0 Å². The molecule has 0 aliphatic rings. The Kier molecular flexibility index (Phi) is 25.3. The lowest BCUT2D eigenvalue weighted by Crippen LogP contribution is -2.41. The minimum atomic E-state index is -1.21. The summed E-state index contributed by atoms with van der Waals surface area (Å²) in [5.41, 5.74) is 0.207. The maximum absolute atomic E-state index is 12.2. The van der Waals surface area contributed by atoms with Gasteiger partial charge in [-0.1, -0.05) is 25.7 Å². The molecular weight excluding hydrogens is 646 g/mol. The van der Waals surface area contributed by atoms with E-state index < -0.39 is 18.0 Å². The third-order valence-corrected chi connectivity index (χ3v) is 6.74. The van der Waals surface area contributed by atoms with Crippen LogP contribution in [0, 0.1) is 0 Å². The Morgan fingerprint density at radius 2 is 1.24 bits per heavy atom. The number of aromatic carboxylic acids is 1. The van der Waals surface area contributed by atoms with Crippen molar-refractivity contribution in [1.29, 1.82) is 0 Å². The Balaban J connectivity index is 1.99. The van der Waals surface area contributed by atoms with Crippen LogP contribution in [0.3, 0.4) is 0 Å². The normalized spacial score (nSPS) is 11.3. The molecule has 275 valence electrons. The first-order valence-corrected chi connectivity index (χ1v) is 16.4. The summed E-state index contributed by atoms with van der Waals surface area (Å²) in [7, 11) is 0. The van der Waals surface area contributed by atoms with Crippen molar-refractivity contribution in [3.05, 3.63) is 29.8 Å². The van der Waals surface area contributed by atoms with Crippen LogP contribution in [0.15, 0.2) is 24.3 Å². The fourth-order valence-electron chi connectivity index (χ4n) is 4.16. The number of carbonyl (C=O) groups excluding carboxylic acids is 4. The first-order chi connectivity index (χ1) is 23.7. The van der Waals surface area contributed by atoms with Gasteiger partial charge in [0.1, 0.15) is 25.0 Å². The van der Waals surface area contributed by atoms with Crippen molar-refractivity contribution in [2.75, 3.05) is 72.6 Å². The van der Waals surface area contributed by atoms with E-state index in [0.29, 0.717) is 38.5 Å². The number of amides is 3. The molecule has 0 bridgehead atoms. The second kappa shape index (κ2) is 28.9. The van der Waals surface area contributed by atoms with Crippen LogP contribution in [-0.2, 0) is 42.9 Å². The number of rotatable bonds is 32. The smallest absolute Gasteiger partial charge is 0.335 e. The fourth-order valence-corrected chi connectivity index (χ4v) is 4.16. The number of carbonyl (C=O) groups is 5. The Morgan fingerprint density at radius 1 is 0.653 bits per heavy atom. The maximum Gasteiger partial charge on any atom is 0.335 e. The number of unbranched alkanes of at least 4 members (excludes halogenated alkanes) is 5. The molecule has 0 saturated carbocycles. The second-order valence-electron chi connectivity index (χ2n) is 10.7. The number of aliphatic carboxylic acids is 1. The van der Waals surface area contributed by atoms with Gasteiger partial charge in [-0.15, -0.1) is 0 Å². The van der Waals surface area contributed by atoms with Crippen LogP contribution >= 0.6 is 0 Å². The number of nitrogens with one attached hydrogen (secondary N) is 3. The molecule has 0 aromatic heterocycles. The van der Waals surface area contributed by atoms with Gasteiger partial charge < -0.3 is 49.8 Å². The van der Waals surface area contributed by atoms with Crippen molar-refractivity contribution >= 4 is 35.9 Å². The monoisotopic (exact) mass is 696 g/mol. The highest BCUT2D eigenvalue weighted by Gasteiger charge is 2.20. The van der Waals surface area contributed by atoms with Crippen LogP contribution in [0.1, 0.15) is 68.1 Å². The maximum atomic E-state index is 12.2. The van der Waals surface area contributed by atoms with Gasteiger partial charge in [-0.25, -0.2) is 9.59 Å². The van der Waals surface area contributed by atoms with Gasteiger partial charge in [0, 0.05) is 25.9 Å². The van der Waals surface area contributed by atoms with Gasteiger partial charge >= 0.3 is 11.9 Å². The van der Waals surface area contributed by atoms with Crippen LogP contribution in [0.5, 0.6) is 5.75 Å². The molecule has 49 heavy (non-hydrogen) atoms. The Labute approximate surface area is 286 Å². The minimum Gasteiger partial charge on any atom is -0.494 e. The van der Waals surface area contributed by atoms with Gasteiger partial charge in [0.05, 0.1) is 51.8 Å². The van der Waals surface area contributed by atoms with Gasteiger partial charge in [-0.3, -0.25) is 19.2 Å². The number of ether oxygens (including phenoxy) is 5. The Bertz CT molecular complexity index is 1100. The Morgan fingerprint density at radius 3 is 1.88 bits per heavy atom. The van der Waals surface area contributed by atoms with Crippen LogP contribution in [0.2, 0.25) is 0 Å². The van der Waals surface area contributed by atoms with E-state index >= 15 is 0 Å². The second-order valence-corrected chi connectivity index (χ2v) is 10.7. The molecule has 0 unspecified atom stereocenters. The molecule has 1 radical (unpaired) electrons. The molecule has 0 aliphatic heterocycles. The zero-order chi connectivity index (χ0) is 36.0. The van der Waals surface area contributed by atoms with Gasteiger partial charge in [-0.2, -0.15) is 0 Å². The van der Waals surface area contributed by atoms with Crippen molar-refractivity contribution < 1.29 is 62.7 Å². The van der Waals surface area contributed by atoms with Crippen molar-refractivity contribution in [3.63, 3.8) is 0 Å². The first-order valence-electron chi connectivity index (χ1n) is 16.4. The van der Waals surface area contributed by atoms with Gasteiger partial charge in [0.25, 0.3) is 0 Å². The first kappa shape index (κ1) is 42.9. The third kappa shape index (κ3) is 24.6. The SMILES string of the molecule is O=[C]COCCOCCNC(=O)COCCOCCNC(=O)CC[C@H](NC(=O)CCCCCCCCOc1ccc(C(=O)O)cc1)C(=O)O. The highest BCUT2D eigenvalue weighted by Crippen LogP contribution is 2.14. The standard InChI is InChI=1S/C33H50N3O13/c37-16-20-47-22-21-45-19-15-35-31(40)25-48-24-23-46-18-14-34-29(38)13-12-28(33(43)44)36-30(39)7-5-3-1-2-4-6-17-49-27-10-8-26(9-11-27)32(41)42/h8-11,28H,1-7,12-15,17-25H2,(H,34,38)(H,35,40)(H,36,39)(H,41,42)(H,43,44)/t28-/m0/s1. The van der Waals surface area contributed by atoms with E-state index in [-0.39, 0.29) is 88.7 Å². The average Bonchev–Trinajstić information content (AvgIpc) is 3.08. The van der Waals surface area contributed by atoms with Gasteiger partial charge in [-0.05, 0) is 43.5 Å². The molecule has 0 aliphatic carbocycles. The third-order valence-electron chi connectivity index (χ3n) is 6.74. The molecule has 1 aromatic rings. The number of carboxylic acid groups (broad SMARTS) is 2. The summed E-state index contributed by atoms with van der Waals surface area (Å²) in [5.74, 6) is -2.61. The molecule has 0 fully saturated rings. The van der Waals surface area contributed by atoms with Crippen molar-refractivity contribution in [2.24, 2.45) is 0 Å². The van der Waals surface area contributed by atoms with Crippen molar-refractivity contribution in [2.45, 2.75) is 63.8 Å². The molecule has 16 nitrogen and oxygen atoms in total. The van der Waals surface area contributed by atoms with Crippen molar-refractivity contribution in [1.82, 2.24) is 16.0 Å². The molecule has 1 rings (SSSR count).